The standard InChI is InChI=1S/C3H5NOSi/c1-2-6-4-3-5/h2H,1,6H2. The summed E-state index contributed by atoms with van der Waals surface area (Å²) >= 11 is 0. The van der Waals surface area contributed by atoms with E-state index in [2.05, 4.69) is 11.2 Å². The molecule has 3 heteroatoms. The van der Waals surface area contributed by atoms with Gasteiger partial charge in [0.2, 0.25) is 6.08 Å². The van der Waals surface area contributed by atoms with Gasteiger partial charge in [0, 0.05) is 0 Å². The monoisotopic (exact) mass is 99.0 g/mol. The van der Waals surface area contributed by atoms with Crippen LogP contribution < -0.4 is 0 Å². The maximum atomic E-state index is 9.26. The first-order valence-electron chi connectivity index (χ1n) is 1.56. The van der Waals surface area contributed by atoms with Gasteiger partial charge in [-0.05, 0) is 0 Å². The average Bonchev–Trinajstić information content (AvgIpc) is 1.61. The van der Waals surface area contributed by atoms with Crippen LogP contribution >= 0.6 is 0 Å². The lowest BCUT2D eigenvalue weighted by atomic mass is 11.3. The molecule has 0 rings (SSSR count). The summed E-state index contributed by atoms with van der Waals surface area (Å²) in [6.07, 6.45) is 1.43. The fourth-order valence-electron chi connectivity index (χ4n) is 0.102. The van der Waals surface area contributed by atoms with Crippen molar-refractivity contribution in [2.24, 2.45) is 4.66 Å². The molecule has 0 saturated carbocycles. The van der Waals surface area contributed by atoms with Crippen LogP contribution in [0.3, 0.4) is 0 Å². The zero-order chi connectivity index (χ0) is 4.83. The van der Waals surface area contributed by atoms with Gasteiger partial charge in [-0.2, -0.15) is 0 Å². The zero-order valence-electron chi connectivity index (χ0n) is 3.35. The fourth-order valence-corrected chi connectivity index (χ4v) is 0.305. The molecule has 0 atom stereocenters. The van der Waals surface area contributed by atoms with E-state index < -0.39 is 9.68 Å². The van der Waals surface area contributed by atoms with E-state index >= 15 is 0 Å². The van der Waals surface area contributed by atoms with Gasteiger partial charge in [0.1, 0.15) is 0 Å². The summed E-state index contributed by atoms with van der Waals surface area (Å²) in [4.78, 5) is 9.26. The Balaban J connectivity index is 3.07. The molecule has 32 valence electrons. The van der Waals surface area contributed by atoms with Gasteiger partial charge >= 0.3 is 0 Å². The highest BCUT2D eigenvalue weighted by Crippen LogP contribution is 1.55. The summed E-state index contributed by atoms with van der Waals surface area (Å²) in [5.74, 6) is 0. The molecule has 0 saturated heterocycles. The Morgan fingerprint density at radius 1 is 2.00 bits per heavy atom. The summed E-state index contributed by atoms with van der Waals surface area (Å²) in [6.45, 7) is 3.39. The number of carbonyl (C=O) groups excluding carboxylic acids is 1. The van der Waals surface area contributed by atoms with Crippen molar-refractivity contribution < 1.29 is 4.79 Å². The number of nitrogens with zero attached hydrogens (tertiary/aromatic N) is 1. The van der Waals surface area contributed by atoms with Crippen LogP contribution in [0.4, 0.5) is 0 Å². The Morgan fingerprint density at radius 3 is 2.83 bits per heavy atom. The second-order valence-electron chi connectivity index (χ2n) is 0.721. The molecule has 0 heterocycles. The van der Waals surface area contributed by atoms with Gasteiger partial charge in [-0.1, -0.05) is 5.70 Å². The zero-order valence-corrected chi connectivity index (χ0v) is 4.76. The van der Waals surface area contributed by atoms with Crippen molar-refractivity contribution in [2.45, 2.75) is 0 Å². The van der Waals surface area contributed by atoms with Crippen molar-refractivity contribution in [3.05, 3.63) is 12.3 Å². The molecular formula is C3H5NOSi. The predicted molar refractivity (Wildman–Crippen MR) is 26.9 cm³/mol. The Labute approximate surface area is 38.5 Å². The predicted octanol–water partition coefficient (Wildman–Crippen LogP) is -0.451. The first-order valence-corrected chi connectivity index (χ1v) is 3.01. The Morgan fingerprint density at radius 2 is 2.67 bits per heavy atom. The molecule has 0 fully saturated rings. The quantitative estimate of drug-likeness (QED) is 0.262. The van der Waals surface area contributed by atoms with E-state index in [1.807, 2.05) is 0 Å². The van der Waals surface area contributed by atoms with E-state index in [1.165, 1.54) is 6.08 Å². The van der Waals surface area contributed by atoms with Crippen molar-refractivity contribution >= 4 is 15.8 Å². The van der Waals surface area contributed by atoms with E-state index in [0.717, 1.165) is 0 Å². The summed E-state index contributed by atoms with van der Waals surface area (Å²) in [7, 11) is -0.613. The Hall–Kier alpha value is -0.663. The number of hydrogen-bond acceptors (Lipinski definition) is 2. The molecule has 0 aliphatic heterocycles. The number of isocyanates is 1. The van der Waals surface area contributed by atoms with Crippen LogP contribution in [0.15, 0.2) is 16.9 Å². The van der Waals surface area contributed by atoms with Gasteiger partial charge in [0.15, 0.2) is 9.68 Å². The van der Waals surface area contributed by atoms with Gasteiger partial charge < -0.3 is 0 Å². The second kappa shape index (κ2) is 4.34. The summed E-state index contributed by atoms with van der Waals surface area (Å²) in [5.41, 5.74) is 1.67. The van der Waals surface area contributed by atoms with Crippen LogP contribution in [0.25, 0.3) is 0 Å². The van der Waals surface area contributed by atoms with Crippen molar-refractivity contribution in [3.63, 3.8) is 0 Å². The van der Waals surface area contributed by atoms with E-state index in [4.69, 9.17) is 0 Å². The van der Waals surface area contributed by atoms with E-state index in [1.54, 1.807) is 5.70 Å². The number of hydrogen-bond donors (Lipinski definition) is 0. The molecular weight excluding hydrogens is 94.1 g/mol. The summed E-state index contributed by atoms with van der Waals surface area (Å²) < 4.78 is 3.31. The van der Waals surface area contributed by atoms with Crippen LogP contribution in [0.2, 0.25) is 0 Å². The van der Waals surface area contributed by atoms with Gasteiger partial charge in [-0.15, -0.1) is 6.58 Å². The van der Waals surface area contributed by atoms with Crippen LogP contribution in [0.5, 0.6) is 0 Å². The van der Waals surface area contributed by atoms with Gasteiger partial charge in [-0.3, -0.25) is 4.66 Å². The molecule has 0 N–H and O–H groups in total. The lowest BCUT2D eigenvalue weighted by Gasteiger charge is -1.62. The normalized spacial score (nSPS) is 8.00. The molecule has 0 unspecified atom stereocenters. The molecule has 0 amide bonds. The molecule has 0 aliphatic rings. The minimum atomic E-state index is -0.613. The number of rotatable bonds is 2. The van der Waals surface area contributed by atoms with Gasteiger partial charge in [0.05, 0.1) is 0 Å². The lowest BCUT2D eigenvalue weighted by molar-refractivity contribution is 0.566. The Bertz CT molecular complexity index is 84.8. The molecule has 0 bridgehead atoms. The molecule has 0 radical (unpaired) electrons. The van der Waals surface area contributed by atoms with Crippen LogP contribution in [0.1, 0.15) is 0 Å². The maximum Gasteiger partial charge on any atom is 0.224 e. The van der Waals surface area contributed by atoms with E-state index in [9.17, 15) is 4.79 Å². The smallest absolute Gasteiger partial charge is 0.224 e. The summed E-state index contributed by atoms with van der Waals surface area (Å²) in [5, 5.41) is 0. The first kappa shape index (κ1) is 5.34. The molecule has 0 aromatic carbocycles. The van der Waals surface area contributed by atoms with Crippen molar-refractivity contribution in [3.8, 4) is 0 Å². The first-order chi connectivity index (χ1) is 2.91. The highest BCUT2D eigenvalue weighted by Gasteiger charge is 1.61. The van der Waals surface area contributed by atoms with Crippen molar-refractivity contribution in [2.75, 3.05) is 0 Å². The van der Waals surface area contributed by atoms with E-state index in [0.29, 0.717) is 0 Å². The lowest BCUT2D eigenvalue weighted by Crippen LogP contribution is -1.70. The van der Waals surface area contributed by atoms with Gasteiger partial charge in [0.25, 0.3) is 0 Å². The molecule has 2 nitrogen and oxygen atoms in total. The fraction of sp³-hybridized carbons (Fsp3) is 0. The van der Waals surface area contributed by atoms with E-state index in [-0.39, 0.29) is 0 Å². The minimum Gasteiger partial charge on any atom is -0.251 e. The highest BCUT2D eigenvalue weighted by molar-refractivity contribution is 6.40. The molecule has 0 aromatic heterocycles. The largest absolute Gasteiger partial charge is 0.251 e. The van der Waals surface area contributed by atoms with Gasteiger partial charge in [-0.25, -0.2) is 4.79 Å². The van der Waals surface area contributed by atoms with Crippen molar-refractivity contribution in [1.82, 2.24) is 0 Å². The summed E-state index contributed by atoms with van der Waals surface area (Å²) in [6, 6.07) is 0. The van der Waals surface area contributed by atoms with Crippen LogP contribution in [0, 0.1) is 0 Å². The third-order valence-electron chi connectivity index (χ3n) is 0.285. The topological polar surface area (TPSA) is 29.4 Å². The molecule has 6 heavy (non-hydrogen) atoms. The van der Waals surface area contributed by atoms with Crippen LogP contribution in [-0.4, -0.2) is 15.8 Å². The van der Waals surface area contributed by atoms with Crippen molar-refractivity contribution in [1.29, 1.82) is 0 Å². The minimum absolute atomic E-state index is 0.613. The van der Waals surface area contributed by atoms with Crippen LogP contribution in [-0.2, 0) is 4.79 Å². The molecule has 0 aliphatic carbocycles. The highest BCUT2D eigenvalue weighted by atomic mass is 28.2. The molecule has 0 spiro atoms. The average molecular weight is 99.2 g/mol. The second-order valence-corrected chi connectivity index (χ2v) is 1.98. The maximum absolute atomic E-state index is 9.26. The third-order valence-corrected chi connectivity index (χ3v) is 0.855. The SMILES string of the molecule is C=C[SiH2]N=C=O. The third kappa shape index (κ3) is 3.34. The Kier molecular flexibility index (Phi) is 3.86. The molecule has 0 aromatic rings.